The Balaban J connectivity index is 1.15. The summed E-state index contributed by atoms with van der Waals surface area (Å²) in [4.78, 5) is 39.8. The first kappa shape index (κ1) is 31.9. The Labute approximate surface area is 272 Å². The van der Waals surface area contributed by atoms with Crippen molar-refractivity contribution < 1.29 is 28.6 Å². The van der Waals surface area contributed by atoms with Crippen LogP contribution in [0.25, 0.3) is 10.9 Å². The molecule has 1 saturated heterocycles. The molecule has 2 N–H and O–H groups in total. The molecule has 0 bridgehead atoms. The van der Waals surface area contributed by atoms with Gasteiger partial charge in [0.1, 0.15) is 0 Å². The van der Waals surface area contributed by atoms with Gasteiger partial charge >= 0.3 is 11.9 Å². The van der Waals surface area contributed by atoms with E-state index >= 15 is 4.39 Å². The highest BCUT2D eigenvalue weighted by Gasteiger charge is 2.48. The zero-order chi connectivity index (χ0) is 32.3. The monoisotopic (exact) mass is 645 g/mol. The third kappa shape index (κ3) is 6.87. The van der Waals surface area contributed by atoms with Crippen LogP contribution in [0.3, 0.4) is 0 Å². The Morgan fingerprint density at radius 1 is 0.935 bits per heavy atom. The van der Waals surface area contributed by atoms with Gasteiger partial charge in [-0.05, 0) is 67.9 Å². The smallest absolute Gasteiger partial charge is 0.330 e. The van der Waals surface area contributed by atoms with E-state index in [0.717, 1.165) is 29.3 Å². The molecule has 1 saturated carbocycles. The lowest BCUT2D eigenvalue weighted by atomic mass is 9.87. The fraction of sp³-hybridized carbons (Fsp3) is 0.361. The largest absolute Gasteiger partial charge is 0.481 e. The number of aromatic nitrogens is 1. The highest BCUT2D eigenvalue weighted by atomic mass is 35.5. The molecular formula is C36H37ClFN3O5. The first-order valence-corrected chi connectivity index (χ1v) is 16.2. The van der Waals surface area contributed by atoms with Crippen LogP contribution < -0.4 is 5.32 Å². The highest BCUT2D eigenvalue weighted by molar-refractivity contribution is 6.34. The first-order valence-electron chi connectivity index (χ1n) is 15.8. The number of halogens is 2. The molecule has 2 heterocycles. The molecule has 240 valence electrons. The Morgan fingerprint density at radius 3 is 2.33 bits per heavy atom. The number of hydrogen-bond donors (Lipinski definition) is 2. The predicted octanol–water partition coefficient (Wildman–Crippen LogP) is 7.09. The number of hydrogen-bond acceptors (Lipinski definition) is 5. The van der Waals surface area contributed by atoms with E-state index < -0.39 is 29.8 Å². The standard InChI is InChI=1S/C36H37ClFN3O5/c37-30-20-25(21-33(42)36(38,41-18-6-7-19-41)46-27-15-13-26(14-16-27)35(44)45)12-17-31(30)39-34(43)29-23-40(22-24-8-2-1-3-9-24)32-11-5-4-10-28(29)32/h1-5,8-12,17,20,23,26-27H,6-7,13-16,18-19,21-22H2,(H,39,43)(H,44,45)/t26-,27-,36?. The van der Waals surface area contributed by atoms with Crippen molar-refractivity contribution in [1.29, 1.82) is 0 Å². The molecule has 0 spiro atoms. The number of aliphatic carboxylic acids is 1. The van der Waals surface area contributed by atoms with Gasteiger partial charge in [-0.25, -0.2) is 4.90 Å². The number of carbonyl (C=O) groups excluding carboxylic acids is 2. The van der Waals surface area contributed by atoms with Gasteiger partial charge in [0.05, 0.1) is 28.3 Å². The lowest BCUT2D eigenvalue weighted by molar-refractivity contribution is -0.252. The summed E-state index contributed by atoms with van der Waals surface area (Å²) in [5, 5.41) is 13.2. The first-order chi connectivity index (χ1) is 22.2. The SMILES string of the molecule is O=C(Nc1ccc(CC(=O)C(F)(O[C@H]2CC[C@H](C(=O)O)CC2)N2CCCC2)cc1Cl)c1cn(Cc2ccccc2)c2ccccc12. The van der Waals surface area contributed by atoms with E-state index in [-0.39, 0.29) is 17.4 Å². The maximum absolute atomic E-state index is 16.6. The second kappa shape index (κ2) is 13.7. The van der Waals surface area contributed by atoms with Gasteiger partial charge in [0.25, 0.3) is 5.91 Å². The van der Waals surface area contributed by atoms with Crippen LogP contribution >= 0.6 is 11.6 Å². The normalized spacial score (nSPS) is 20.0. The van der Waals surface area contributed by atoms with Crippen LogP contribution in [0.4, 0.5) is 10.1 Å². The molecule has 46 heavy (non-hydrogen) atoms. The predicted molar refractivity (Wildman–Crippen MR) is 175 cm³/mol. The molecule has 1 unspecified atom stereocenters. The molecule has 4 aromatic rings. The van der Waals surface area contributed by atoms with Gasteiger partial charge in [0, 0.05) is 43.2 Å². The lowest BCUT2D eigenvalue weighted by Crippen LogP contribution is -2.54. The number of benzene rings is 3. The lowest BCUT2D eigenvalue weighted by Gasteiger charge is -2.37. The molecule has 6 rings (SSSR count). The summed E-state index contributed by atoms with van der Waals surface area (Å²) < 4.78 is 24.5. The summed E-state index contributed by atoms with van der Waals surface area (Å²) in [6.07, 6.45) is 4.12. The minimum absolute atomic E-state index is 0.227. The third-order valence-electron chi connectivity index (χ3n) is 9.08. The molecule has 10 heteroatoms. The number of para-hydroxylation sites is 1. The number of ketones is 1. The minimum atomic E-state index is -2.61. The van der Waals surface area contributed by atoms with Crippen LogP contribution in [0.15, 0.2) is 79.0 Å². The maximum atomic E-state index is 16.6. The average Bonchev–Trinajstić information content (AvgIpc) is 3.73. The van der Waals surface area contributed by atoms with E-state index in [1.807, 2.05) is 65.4 Å². The summed E-state index contributed by atoms with van der Waals surface area (Å²) >= 11 is 6.60. The van der Waals surface area contributed by atoms with Gasteiger partial charge in [-0.1, -0.05) is 66.2 Å². The molecule has 1 amide bonds. The Hall–Kier alpha value is -4.05. The van der Waals surface area contributed by atoms with Crippen molar-refractivity contribution >= 4 is 45.9 Å². The molecule has 1 aliphatic carbocycles. The Bertz CT molecular complexity index is 1730. The number of carboxylic acid groups (broad SMARTS) is 1. The van der Waals surface area contributed by atoms with Crippen LogP contribution in [0.1, 0.15) is 60.0 Å². The average molecular weight is 646 g/mol. The Kier molecular flexibility index (Phi) is 9.54. The van der Waals surface area contributed by atoms with E-state index in [1.165, 1.54) is 4.90 Å². The van der Waals surface area contributed by atoms with Crippen LogP contribution in [0.5, 0.6) is 0 Å². The van der Waals surface area contributed by atoms with Gasteiger partial charge in [-0.15, -0.1) is 0 Å². The number of ether oxygens (including phenoxy) is 1. The number of rotatable bonds is 11. The number of likely N-dealkylation sites (tertiary alicyclic amines) is 1. The number of Topliss-reactive ketones (excluding diaryl/α,β-unsaturated/α-hetero) is 1. The molecular weight excluding hydrogens is 609 g/mol. The van der Waals surface area contributed by atoms with Crippen molar-refractivity contribution in [2.75, 3.05) is 18.4 Å². The summed E-state index contributed by atoms with van der Waals surface area (Å²) in [6, 6.07) is 22.6. The number of nitrogens with zero attached hydrogens (tertiary/aromatic N) is 2. The number of nitrogens with one attached hydrogen (secondary N) is 1. The summed E-state index contributed by atoms with van der Waals surface area (Å²) in [5.74, 6) is -4.98. The fourth-order valence-corrected chi connectivity index (χ4v) is 6.81. The molecule has 1 aliphatic heterocycles. The van der Waals surface area contributed by atoms with Crippen LogP contribution in [-0.4, -0.2) is 57.4 Å². The zero-order valence-corrected chi connectivity index (χ0v) is 26.2. The van der Waals surface area contributed by atoms with Crippen molar-refractivity contribution in [2.45, 2.75) is 63.6 Å². The molecule has 0 radical (unpaired) electrons. The van der Waals surface area contributed by atoms with E-state index in [1.54, 1.807) is 18.2 Å². The van der Waals surface area contributed by atoms with Gasteiger partial charge in [-0.2, -0.15) is 4.39 Å². The summed E-state index contributed by atoms with van der Waals surface area (Å²) in [6.45, 7) is 1.42. The van der Waals surface area contributed by atoms with Crippen molar-refractivity contribution in [3.05, 3.63) is 101 Å². The number of fused-ring (bicyclic) bond motifs is 1. The number of amides is 1. The third-order valence-corrected chi connectivity index (χ3v) is 9.39. The van der Waals surface area contributed by atoms with Crippen LogP contribution in [-0.2, 0) is 27.3 Å². The molecule has 8 nitrogen and oxygen atoms in total. The van der Waals surface area contributed by atoms with Gasteiger partial charge < -0.3 is 19.7 Å². The summed E-state index contributed by atoms with van der Waals surface area (Å²) in [5.41, 5.74) is 3.42. The molecule has 3 aromatic carbocycles. The van der Waals surface area contributed by atoms with Crippen LogP contribution in [0, 0.1) is 5.92 Å². The molecule has 1 atom stereocenters. The topological polar surface area (TPSA) is 101 Å². The second-order valence-electron chi connectivity index (χ2n) is 12.2. The summed E-state index contributed by atoms with van der Waals surface area (Å²) in [7, 11) is 0. The minimum Gasteiger partial charge on any atom is -0.481 e. The second-order valence-corrected chi connectivity index (χ2v) is 12.6. The van der Waals surface area contributed by atoms with Gasteiger partial charge in [0.2, 0.25) is 5.78 Å². The quantitative estimate of drug-likeness (QED) is 0.169. The Morgan fingerprint density at radius 2 is 1.63 bits per heavy atom. The van der Waals surface area contributed by atoms with Crippen molar-refractivity contribution in [1.82, 2.24) is 9.47 Å². The van der Waals surface area contributed by atoms with E-state index in [9.17, 15) is 19.5 Å². The molecule has 2 aliphatic rings. The van der Waals surface area contributed by atoms with Crippen molar-refractivity contribution in [3.63, 3.8) is 0 Å². The van der Waals surface area contributed by atoms with E-state index in [0.29, 0.717) is 62.1 Å². The van der Waals surface area contributed by atoms with Gasteiger partial charge in [-0.3, -0.25) is 14.4 Å². The number of anilines is 1. The van der Waals surface area contributed by atoms with Gasteiger partial charge in [0.15, 0.2) is 0 Å². The number of alkyl halides is 1. The highest BCUT2D eigenvalue weighted by Crippen LogP contribution is 2.35. The van der Waals surface area contributed by atoms with E-state index in [4.69, 9.17) is 16.3 Å². The van der Waals surface area contributed by atoms with Crippen molar-refractivity contribution in [3.8, 4) is 0 Å². The van der Waals surface area contributed by atoms with E-state index in [2.05, 4.69) is 5.32 Å². The van der Waals surface area contributed by atoms with Crippen LogP contribution in [0.2, 0.25) is 5.02 Å². The van der Waals surface area contributed by atoms with Crippen molar-refractivity contribution in [2.24, 2.45) is 5.92 Å². The molecule has 1 aromatic heterocycles. The number of carboxylic acids is 1. The maximum Gasteiger partial charge on any atom is 0.330 e. The number of carbonyl (C=O) groups is 3. The fourth-order valence-electron chi connectivity index (χ4n) is 6.56. The zero-order valence-electron chi connectivity index (χ0n) is 25.5. The molecule has 2 fully saturated rings.